The Bertz CT molecular complexity index is 415. The number of hydrogen-bond acceptors (Lipinski definition) is 5. The largest absolute Gasteiger partial charge is 0.497 e. The van der Waals surface area contributed by atoms with Crippen LogP contribution >= 0.6 is 0 Å². The third kappa shape index (κ3) is 3.97. The van der Waals surface area contributed by atoms with Crippen LogP contribution in [0.25, 0.3) is 0 Å². The van der Waals surface area contributed by atoms with Gasteiger partial charge in [0.05, 0.1) is 20.6 Å². The first kappa shape index (κ1) is 13.8. The summed E-state index contributed by atoms with van der Waals surface area (Å²) in [5.74, 6) is 0.173. The molecule has 1 amide bonds. The summed E-state index contributed by atoms with van der Waals surface area (Å²) < 4.78 is 14.4. The number of ether oxygens (including phenoxy) is 3. The Morgan fingerprint density at radius 1 is 1.22 bits per heavy atom. The second-order valence-electron chi connectivity index (χ2n) is 3.48. The SMILES string of the molecule is COC(=O)C[C@H](OC(N)=O)c1ccc(OC)cc1. The summed E-state index contributed by atoms with van der Waals surface area (Å²) in [5, 5.41) is 0. The van der Waals surface area contributed by atoms with Crippen LogP contribution in [0.3, 0.4) is 0 Å². The van der Waals surface area contributed by atoms with Crippen LogP contribution in [-0.2, 0) is 14.3 Å². The van der Waals surface area contributed by atoms with Gasteiger partial charge in [-0.05, 0) is 17.7 Å². The summed E-state index contributed by atoms with van der Waals surface area (Å²) in [7, 11) is 2.80. The van der Waals surface area contributed by atoms with E-state index in [9.17, 15) is 9.59 Å². The molecule has 0 aromatic heterocycles. The van der Waals surface area contributed by atoms with Crippen molar-refractivity contribution < 1.29 is 23.8 Å². The summed E-state index contributed by atoms with van der Waals surface area (Å²) in [6.07, 6.45) is -1.80. The molecule has 0 fully saturated rings. The number of amides is 1. The molecule has 0 aliphatic heterocycles. The topological polar surface area (TPSA) is 87.9 Å². The lowest BCUT2D eigenvalue weighted by Gasteiger charge is -2.16. The maximum Gasteiger partial charge on any atom is 0.405 e. The van der Waals surface area contributed by atoms with E-state index < -0.39 is 18.2 Å². The Hall–Kier alpha value is -2.24. The van der Waals surface area contributed by atoms with E-state index in [1.54, 1.807) is 31.4 Å². The highest BCUT2D eigenvalue weighted by atomic mass is 16.6. The van der Waals surface area contributed by atoms with Gasteiger partial charge < -0.3 is 19.9 Å². The molecule has 0 saturated heterocycles. The zero-order valence-electron chi connectivity index (χ0n) is 10.2. The number of carbonyl (C=O) groups is 2. The Kier molecular flexibility index (Phi) is 4.98. The van der Waals surface area contributed by atoms with E-state index in [0.717, 1.165) is 0 Å². The van der Waals surface area contributed by atoms with E-state index in [-0.39, 0.29) is 6.42 Å². The molecule has 18 heavy (non-hydrogen) atoms. The maximum atomic E-state index is 11.2. The first-order valence-electron chi connectivity index (χ1n) is 5.23. The highest BCUT2D eigenvalue weighted by Gasteiger charge is 2.19. The quantitative estimate of drug-likeness (QED) is 0.801. The van der Waals surface area contributed by atoms with Crippen molar-refractivity contribution in [2.75, 3.05) is 14.2 Å². The first-order valence-corrected chi connectivity index (χ1v) is 5.23. The van der Waals surface area contributed by atoms with Gasteiger partial charge in [-0.2, -0.15) is 0 Å². The number of benzene rings is 1. The lowest BCUT2D eigenvalue weighted by Crippen LogP contribution is -2.20. The molecule has 0 aliphatic carbocycles. The molecule has 0 spiro atoms. The summed E-state index contributed by atoms with van der Waals surface area (Å²) in [6, 6.07) is 6.78. The van der Waals surface area contributed by atoms with E-state index >= 15 is 0 Å². The zero-order valence-corrected chi connectivity index (χ0v) is 10.2. The molecule has 6 nitrogen and oxygen atoms in total. The normalized spacial score (nSPS) is 11.4. The van der Waals surface area contributed by atoms with Gasteiger partial charge in [0.15, 0.2) is 0 Å². The van der Waals surface area contributed by atoms with Crippen molar-refractivity contribution in [3.63, 3.8) is 0 Å². The molecule has 0 saturated carbocycles. The van der Waals surface area contributed by atoms with E-state index in [1.165, 1.54) is 7.11 Å². The number of methoxy groups -OCH3 is 2. The monoisotopic (exact) mass is 253 g/mol. The van der Waals surface area contributed by atoms with Crippen LogP contribution in [0.2, 0.25) is 0 Å². The average Bonchev–Trinajstić information content (AvgIpc) is 2.37. The van der Waals surface area contributed by atoms with Crippen LogP contribution in [-0.4, -0.2) is 26.3 Å². The average molecular weight is 253 g/mol. The summed E-state index contributed by atoms with van der Waals surface area (Å²) in [6.45, 7) is 0. The van der Waals surface area contributed by atoms with Gasteiger partial charge in [-0.15, -0.1) is 0 Å². The second-order valence-corrected chi connectivity index (χ2v) is 3.48. The molecule has 1 atom stereocenters. The van der Waals surface area contributed by atoms with Gasteiger partial charge >= 0.3 is 12.1 Å². The summed E-state index contributed by atoms with van der Waals surface area (Å²) in [4.78, 5) is 22.0. The number of esters is 1. The van der Waals surface area contributed by atoms with E-state index in [1.807, 2.05) is 0 Å². The van der Waals surface area contributed by atoms with Gasteiger partial charge in [0, 0.05) is 0 Å². The number of carbonyl (C=O) groups excluding carboxylic acids is 2. The molecular formula is C12H15NO5. The van der Waals surface area contributed by atoms with Gasteiger partial charge in [-0.1, -0.05) is 12.1 Å². The third-order valence-electron chi connectivity index (χ3n) is 2.33. The number of rotatable bonds is 5. The fourth-order valence-electron chi connectivity index (χ4n) is 1.42. The van der Waals surface area contributed by atoms with Gasteiger partial charge in [0.1, 0.15) is 11.9 Å². The van der Waals surface area contributed by atoms with Gasteiger partial charge in [0.25, 0.3) is 0 Å². The molecule has 0 unspecified atom stereocenters. The number of nitrogens with two attached hydrogens (primary N) is 1. The summed E-state index contributed by atoms with van der Waals surface area (Å²) >= 11 is 0. The molecule has 1 aromatic rings. The van der Waals surface area contributed by atoms with Crippen molar-refractivity contribution >= 4 is 12.1 Å². The number of hydrogen-bond donors (Lipinski definition) is 1. The Balaban J connectivity index is 2.86. The van der Waals surface area contributed by atoms with Crippen molar-refractivity contribution in [1.29, 1.82) is 0 Å². The lowest BCUT2D eigenvalue weighted by molar-refractivity contribution is -0.142. The van der Waals surface area contributed by atoms with Gasteiger partial charge in [-0.25, -0.2) is 4.79 Å². The van der Waals surface area contributed by atoms with Crippen molar-refractivity contribution in [3.05, 3.63) is 29.8 Å². The number of primary amides is 1. The first-order chi connectivity index (χ1) is 8.56. The molecule has 0 radical (unpaired) electrons. The molecule has 98 valence electrons. The van der Waals surface area contributed by atoms with E-state index in [0.29, 0.717) is 11.3 Å². The van der Waals surface area contributed by atoms with Crippen LogP contribution < -0.4 is 10.5 Å². The van der Waals surface area contributed by atoms with Crippen molar-refractivity contribution in [1.82, 2.24) is 0 Å². The van der Waals surface area contributed by atoms with Gasteiger partial charge in [0.2, 0.25) is 0 Å². The zero-order chi connectivity index (χ0) is 13.5. The lowest BCUT2D eigenvalue weighted by atomic mass is 10.1. The van der Waals surface area contributed by atoms with Crippen molar-refractivity contribution in [2.24, 2.45) is 5.73 Å². The van der Waals surface area contributed by atoms with Crippen LogP contribution in [0.4, 0.5) is 4.79 Å². The van der Waals surface area contributed by atoms with Crippen LogP contribution in [0.15, 0.2) is 24.3 Å². The third-order valence-corrected chi connectivity index (χ3v) is 2.33. The minimum absolute atomic E-state index is 0.0915. The summed E-state index contributed by atoms with van der Waals surface area (Å²) in [5.41, 5.74) is 5.60. The second kappa shape index (κ2) is 6.48. The molecule has 2 N–H and O–H groups in total. The minimum atomic E-state index is -0.945. The maximum absolute atomic E-state index is 11.2. The molecule has 0 bridgehead atoms. The Morgan fingerprint density at radius 2 is 1.83 bits per heavy atom. The standard InChI is InChI=1S/C12H15NO5/c1-16-9-5-3-8(4-6-9)10(18-12(13)15)7-11(14)17-2/h3-6,10H,7H2,1-2H3,(H2,13,15)/t10-/m0/s1. The smallest absolute Gasteiger partial charge is 0.405 e. The van der Waals surface area contributed by atoms with E-state index in [4.69, 9.17) is 15.2 Å². The molecule has 0 aliphatic rings. The van der Waals surface area contributed by atoms with Crippen molar-refractivity contribution in [2.45, 2.75) is 12.5 Å². The van der Waals surface area contributed by atoms with Crippen LogP contribution in [0.5, 0.6) is 5.75 Å². The fourth-order valence-corrected chi connectivity index (χ4v) is 1.42. The predicted octanol–water partition coefficient (Wildman–Crippen LogP) is 1.39. The molecular weight excluding hydrogens is 238 g/mol. The fraction of sp³-hybridized carbons (Fsp3) is 0.333. The molecule has 1 aromatic carbocycles. The molecule has 0 heterocycles. The Labute approximate surface area is 105 Å². The highest BCUT2D eigenvalue weighted by Crippen LogP contribution is 2.24. The van der Waals surface area contributed by atoms with E-state index in [2.05, 4.69) is 4.74 Å². The molecule has 1 rings (SSSR count). The van der Waals surface area contributed by atoms with Crippen LogP contribution in [0.1, 0.15) is 18.1 Å². The molecule has 6 heteroatoms. The Morgan fingerprint density at radius 3 is 2.28 bits per heavy atom. The van der Waals surface area contributed by atoms with Crippen LogP contribution in [0, 0.1) is 0 Å². The predicted molar refractivity (Wildman–Crippen MR) is 63.0 cm³/mol. The van der Waals surface area contributed by atoms with Crippen molar-refractivity contribution in [3.8, 4) is 5.75 Å². The van der Waals surface area contributed by atoms with Gasteiger partial charge in [-0.3, -0.25) is 4.79 Å². The minimum Gasteiger partial charge on any atom is -0.497 e. The highest BCUT2D eigenvalue weighted by molar-refractivity contribution is 5.71.